The molecule has 1 aliphatic rings. The van der Waals surface area contributed by atoms with Crippen LogP contribution in [0.25, 0.3) is 0 Å². The van der Waals surface area contributed by atoms with Gasteiger partial charge in [0.05, 0.1) is 12.7 Å². The Hall–Kier alpha value is -1.82. The molecule has 0 aliphatic carbocycles. The maximum atomic E-state index is 12.8. The van der Waals surface area contributed by atoms with Crippen LogP contribution in [-0.2, 0) is 6.54 Å². The Kier molecular flexibility index (Phi) is 5.23. The lowest BCUT2D eigenvalue weighted by molar-refractivity contribution is 0.0681. The van der Waals surface area contributed by atoms with Gasteiger partial charge in [-0.1, -0.05) is 0 Å². The summed E-state index contributed by atoms with van der Waals surface area (Å²) in [5.74, 6) is 2.41. The summed E-state index contributed by atoms with van der Waals surface area (Å²) in [5, 5.41) is 0. The van der Waals surface area contributed by atoms with Crippen LogP contribution in [-0.4, -0.2) is 40.6 Å². The first-order chi connectivity index (χ1) is 11.6. The standard InChI is InChI=1S/C18H22BrN3O2/c1-13-20-7-10-22(13)12-14-5-8-21(9-6-14)18(23)16-11-15(24-2)3-4-17(16)19/h3-4,7,10-11,14H,5-6,8-9,12H2,1-2H3. The number of piperidine rings is 1. The predicted octanol–water partition coefficient (Wildman–Crippen LogP) is 3.52. The lowest BCUT2D eigenvalue weighted by atomic mass is 9.96. The minimum Gasteiger partial charge on any atom is -0.497 e. The molecule has 1 amide bonds. The molecule has 0 N–H and O–H groups in total. The van der Waals surface area contributed by atoms with Gasteiger partial charge in [0.25, 0.3) is 5.91 Å². The molecule has 3 rings (SSSR count). The maximum Gasteiger partial charge on any atom is 0.255 e. The van der Waals surface area contributed by atoms with Crippen molar-refractivity contribution in [3.63, 3.8) is 0 Å². The molecule has 1 aromatic carbocycles. The number of hydrogen-bond acceptors (Lipinski definition) is 3. The Labute approximate surface area is 150 Å². The highest BCUT2D eigenvalue weighted by atomic mass is 79.9. The molecule has 0 saturated carbocycles. The fourth-order valence-electron chi connectivity index (χ4n) is 3.16. The van der Waals surface area contributed by atoms with Gasteiger partial charge in [-0.15, -0.1) is 0 Å². The van der Waals surface area contributed by atoms with E-state index >= 15 is 0 Å². The van der Waals surface area contributed by atoms with Crippen molar-refractivity contribution in [3.8, 4) is 5.75 Å². The molecular formula is C18H22BrN3O2. The molecule has 2 aromatic rings. The highest BCUT2D eigenvalue weighted by Gasteiger charge is 2.25. The number of imidazole rings is 1. The Morgan fingerprint density at radius 1 is 1.38 bits per heavy atom. The van der Waals surface area contributed by atoms with Gasteiger partial charge in [0.15, 0.2) is 0 Å². The maximum absolute atomic E-state index is 12.8. The van der Waals surface area contributed by atoms with E-state index in [9.17, 15) is 4.79 Å². The number of amides is 1. The smallest absolute Gasteiger partial charge is 0.255 e. The van der Waals surface area contributed by atoms with Gasteiger partial charge in [0.2, 0.25) is 0 Å². The summed E-state index contributed by atoms with van der Waals surface area (Å²) < 4.78 is 8.24. The van der Waals surface area contributed by atoms with Gasteiger partial charge in [-0.2, -0.15) is 0 Å². The monoisotopic (exact) mass is 391 g/mol. The van der Waals surface area contributed by atoms with Crippen LogP contribution in [0.3, 0.4) is 0 Å². The lowest BCUT2D eigenvalue weighted by Gasteiger charge is -2.32. The zero-order valence-electron chi connectivity index (χ0n) is 14.0. The number of rotatable bonds is 4. The van der Waals surface area contributed by atoms with Crippen LogP contribution in [0, 0.1) is 12.8 Å². The van der Waals surface area contributed by atoms with Crippen molar-refractivity contribution in [2.75, 3.05) is 20.2 Å². The summed E-state index contributed by atoms with van der Waals surface area (Å²) in [6, 6.07) is 5.51. The van der Waals surface area contributed by atoms with Crippen molar-refractivity contribution in [1.82, 2.24) is 14.5 Å². The molecule has 1 aromatic heterocycles. The third kappa shape index (κ3) is 3.64. The molecule has 6 heteroatoms. The van der Waals surface area contributed by atoms with E-state index in [0.29, 0.717) is 17.2 Å². The lowest BCUT2D eigenvalue weighted by Crippen LogP contribution is -2.39. The van der Waals surface area contributed by atoms with Gasteiger partial charge in [-0.05, 0) is 59.8 Å². The number of carbonyl (C=O) groups excluding carboxylic acids is 1. The van der Waals surface area contributed by atoms with Crippen molar-refractivity contribution >= 4 is 21.8 Å². The van der Waals surface area contributed by atoms with Crippen molar-refractivity contribution in [2.45, 2.75) is 26.3 Å². The molecule has 5 nitrogen and oxygen atoms in total. The Balaban J connectivity index is 1.62. The van der Waals surface area contributed by atoms with Gasteiger partial charge in [0.1, 0.15) is 11.6 Å². The van der Waals surface area contributed by atoms with Crippen LogP contribution in [0.2, 0.25) is 0 Å². The Morgan fingerprint density at radius 3 is 2.75 bits per heavy atom. The number of benzene rings is 1. The second kappa shape index (κ2) is 7.38. The molecule has 1 aliphatic heterocycles. The summed E-state index contributed by atoms with van der Waals surface area (Å²) >= 11 is 3.47. The number of methoxy groups -OCH3 is 1. The van der Waals surface area contributed by atoms with Crippen LogP contribution in [0.5, 0.6) is 5.75 Å². The molecular weight excluding hydrogens is 370 g/mol. The number of aryl methyl sites for hydroxylation is 1. The first-order valence-electron chi connectivity index (χ1n) is 8.19. The normalized spacial score (nSPS) is 15.5. The van der Waals surface area contributed by atoms with Crippen LogP contribution in [0.15, 0.2) is 35.1 Å². The highest BCUT2D eigenvalue weighted by Crippen LogP contribution is 2.26. The Bertz CT molecular complexity index is 721. The molecule has 0 radical (unpaired) electrons. The summed E-state index contributed by atoms with van der Waals surface area (Å²) in [6.45, 7) is 4.59. The van der Waals surface area contributed by atoms with Crippen molar-refractivity contribution < 1.29 is 9.53 Å². The third-order valence-corrected chi connectivity index (χ3v) is 5.38. The zero-order chi connectivity index (χ0) is 17.1. The average Bonchev–Trinajstić information content (AvgIpc) is 3.00. The minimum absolute atomic E-state index is 0.0676. The van der Waals surface area contributed by atoms with Gasteiger partial charge in [0, 0.05) is 36.5 Å². The van der Waals surface area contributed by atoms with Gasteiger partial charge < -0.3 is 14.2 Å². The second-order valence-electron chi connectivity index (χ2n) is 6.21. The fraction of sp³-hybridized carbons (Fsp3) is 0.444. The quantitative estimate of drug-likeness (QED) is 0.800. The second-order valence-corrected chi connectivity index (χ2v) is 7.06. The number of aromatic nitrogens is 2. The van der Waals surface area contributed by atoms with E-state index in [1.54, 1.807) is 13.2 Å². The number of halogens is 1. The summed E-state index contributed by atoms with van der Waals surface area (Å²) in [5.41, 5.74) is 0.665. The van der Waals surface area contributed by atoms with Crippen LogP contribution < -0.4 is 4.74 Å². The third-order valence-electron chi connectivity index (χ3n) is 4.68. The average molecular weight is 392 g/mol. The van der Waals surface area contributed by atoms with Crippen molar-refractivity contribution in [2.24, 2.45) is 5.92 Å². The molecule has 128 valence electrons. The minimum atomic E-state index is 0.0676. The van der Waals surface area contributed by atoms with E-state index < -0.39 is 0 Å². The molecule has 0 atom stereocenters. The molecule has 1 saturated heterocycles. The first kappa shape index (κ1) is 17.0. The predicted molar refractivity (Wildman–Crippen MR) is 96.3 cm³/mol. The van der Waals surface area contributed by atoms with E-state index in [-0.39, 0.29) is 5.91 Å². The molecule has 2 heterocycles. The Morgan fingerprint density at radius 2 is 2.12 bits per heavy atom. The van der Waals surface area contributed by atoms with Crippen LogP contribution >= 0.6 is 15.9 Å². The number of hydrogen-bond donors (Lipinski definition) is 0. The summed E-state index contributed by atoms with van der Waals surface area (Å²) in [7, 11) is 1.61. The van der Waals surface area contributed by atoms with E-state index in [2.05, 4.69) is 25.5 Å². The first-order valence-corrected chi connectivity index (χ1v) is 8.98. The number of likely N-dealkylation sites (tertiary alicyclic amines) is 1. The zero-order valence-corrected chi connectivity index (χ0v) is 15.6. The SMILES string of the molecule is COc1ccc(Br)c(C(=O)N2CCC(Cn3ccnc3C)CC2)c1. The van der Waals surface area contributed by atoms with E-state index in [1.165, 1.54) is 0 Å². The molecule has 24 heavy (non-hydrogen) atoms. The van der Waals surface area contributed by atoms with Crippen LogP contribution in [0.1, 0.15) is 29.0 Å². The molecule has 0 spiro atoms. The largest absolute Gasteiger partial charge is 0.497 e. The molecule has 0 bridgehead atoms. The summed E-state index contributed by atoms with van der Waals surface area (Å²) in [4.78, 5) is 19.0. The summed E-state index contributed by atoms with van der Waals surface area (Å²) in [6.07, 6.45) is 5.91. The van der Waals surface area contributed by atoms with E-state index in [0.717, 1.165) is 42.8 Å². The fourth-order valence-corrected chi connectivity index (χ4v) is 3.58. The molecule has 1 fully saturated rings. The number of nitrogens with zero attached hydrogens (tertiary/aromatic N) is 3. The topological polar surface area (TPSA) is 47.4 Å². The van der Waals surface area contributed by atoms with Crippen molar-refractivity contribution in [1.29, 1.82) is 0 Å². The van der Waals surface area contributed by atoms with Gasteiger partial charge >= 0.3 is 0 Å². The van der Waals surface area contributed by atoms with E-state index in [1.807, 2.05) is 36.4 Å². The van der Waals surface area contributed by atoms with E-state index in [4.69, 9.17) is 4.74 Å². The number of carbonyl (C=O) groups is 1. The number of ether oxygens (including phenoxy) is 1. The van der Waals surface area contributed by atoms with Gasteiger partial charge in [-0.3, -0.25) is 4.79 Å². The van der Waals surface area contributed by atoms with Crippen LogP contribution in [0.4, 0.5) is 0 Å². The van der Waals surface area contributed by atoms with Gasteiger partial charge in [-0.25, -0.2) is 4.98 Å². The highest BCUT2D eigenvalue weighted by molar-refractivity contribution is 9.10. The molecule has 0 unspecified atom stereocenters. The van der Waals surface area contributed by atoms with Crippen molar-refractivity contribution in [3.05, 3.63) is 46.5 Å².